The van der Waals surface area contributed by atoms with Crippen LogP contribution in [0, 0.1) is 11.8 Å². The van der Waals surface area contributed by atoms with Gasteiger partial charge in [-0.2, -0.15) is 0 Å². The van der Waals surface area contributed by atoms with Crippen LogP contribution in [-0.2, 0) is 9.47 Å². The van der Waals surface area contributed by atoms with Crippen molar-refractivity contribution in [3.8, 4) is 0 Å². The molecule has 0 spiro atoms. The highest BCUT2D eigenvalue weighted by Gasteiger charge is 2.39. The maximum Gasteiger partial charge on any atom is 0.160 e. The van der Waals surface area contributed by atoms with Gasteiger partial charge < -0.3 is 14.6 Å². The van der Waals surface area contributed by atoms with Crippen molar-refractivity contribution >= 4 is 0 Å². The Kier molecular flexibility index (Phi) is 3.71. The summed E-state index contributed by atoms with van der Waals surface area (Å²) in [6.45, 7) is 6.11. The summed E-state index contributed by atoms with van der Waals surface area (Å²) >= 11 is 0. The van der Waals surface area contributed by atoms with E-state index in [0.717, 1.165) is 6.42 Å². The molecule has 3 nitrogen and oxygen atoms in total. The zero-order valence-electron chi connectivity index (χ0n) is 8.86. The lowest BCUT2D eigenvalue weighted by molar-refractivity contribution is -0.254. The Morgan fingerprint density at radius 3 is 2.38 bits per heavy atom. The van der Waals surface area contributed by atoms with E-state index in [9.17, 15) is 5.11 Å². The van der Waals surface area contributed by atoms with E-state index in [-0.39, 0.29) is 30.3 Å². The number of hydrogen-bond acceptors (Lipinski definition) is 3. The normalized spacial score (nSPS) is 46.4. The van der Waals surface area contributed by atoms with Gasteiger partial charge in [0.25, 0.3) is 0 Å². The van der Waals surface area contributed by atoms with Gasteiger partial charge in [0.15, 0.2) is 6.29 Å². The summed E-state index contributed by atoms with van der Waals surface area (Å²) < 4.78 is 10.8. The second-order valence-corrected chi connectivity index (χ2v) is 3.90. The van der Waals surface area contributed by atoms with Crippen LogP contribution < -0.4 is 0 Å². The molecule has 1 saturated heterocycles. The van der Waals surface area contributed by atoms with Crippen molar-refractivity contribution in [2.24, 2.45) is 11.8 Å². The lowest BCUT2D eigenvalue weighted by Crippen LogP contribution is -2.49. The predicted octanol–water partition coefficient (Wildman–Crippen LogP) is 1.40. The minimum Gasteiger partial charge on any atom is -0.390 e. The van der Waals surface area contributed by atoms with Crippen LogP contribution in [0.15, 0.2) is 0 Å². The van der Waals surface area contributed by atoms with E-state index in [0.29, 0.717) is 0 Å². The van der Waals surface area contributed by atoms with Crippen LogP contribution in [0.3, 0.4) is 0 Å². The summed E-state index contributed by atoms with van der Waals surface area (Å²) in [4.78, 5) is 0. The van der Waals surface area contributed by atoms with Crippen LogP contribution in [0.1, 0.15) is 27.2 Å². The third kappa shape index (κ3) is 2.03. The molecular formula is C10H20O3. The van der Waals surface area contributed by atoms with Gasteiger partial charge in [-0.05, 0) is 12.3 Å². The van der Waals surface area contributed by atoms with E-state index in [1.165, 1.54) is 0 Å². The molecule has 1 rings (SSSR count). The van der Waals surface area contributed by atoms with Gasteiger partial charge in [-0.25, -0.2) is 0 Å². The molecule has 1 N–H and O–H groups in total. The molecule has 5 atom stereocenters. The molecule has 0 amide bonds. The van der Waals surface area contributed by atoms with Gasteiger partial charge in [-0.15, -0.1) is 0 Å². The molecule has 1 aliphatic heterocycles. The minimum absolute atomic E-state index is 0.0730. The van der Waals surface area contributed by atoms with E-state index in [4.69, 9.17) is 9.47 Å². The maximum atomic E-state index is 9.84. The first-order chi connectivity index (χ1) is 6.11. The molecular weight excluding hydrogens is 168 g/mol. The molecule has 3 heteroatoms. The fourth-order valence-corrected chi connectivity index (χ4v) is 1.88. The molecule has 0 bridgehead atoms. The van der Waals surface area contributed by atoms with Crippen LogP contribution in [0.2, 0.25) is 0 Å². The lowest BCUT2D eigenvalue weighted by Gasteiger charge is -2.41. The average Bonchev–Trinajstić information content (AvgIpc) is 2.15. The third-order valence-electron chi connectivity index (χ3n) is 3.12. The second-order valence-electron chi connectivity index (χ2n) is 3.90. The average molecular weight is 188 g/mol. The zero-order chi connectivity index (χ0) is 10.0. The summed E-state index contributed by atoms with van der Waals surface area (Å²) in [5.41, 5.74) is 0. The Balaban J connectivity index is 2.66. The van der Waals surface area contributed by atoms with E-state index >= 15 is 0 Å². The standard InChI is InChI=1S/C10H20O3/c1-5-8-9(11)6(2)7(3)10(12-4)13-8/h6-11H,5H2,1-4H3. The highest BCUT2D eigenvalue weighted by Crippen LogP contribution is 2.31. The third-order valence-corrected chi connectivity index (χ3v) is 3.12. The van der Waals surface area contributed by atoms with Gasteiger partial charge in [0.2, 0.25) is 0 Å². The van der Waals surface area contributed by atoms with E-state index in [2.05, 4.69) is 0 Å². The fourth-order valence-electron chi connectivity index (χ4n) is 1.88. The first-order valence-electron chi connectivity index (χ1n) is 4.98. The van der Waals surface area contributed by atoms with Crippen LogP contribution in [0.4, 0.5) is 0 Å². The van der Waals surface area contributed by atoms with Crippen LogP contribution >= 0.6 is 0 Å². The van der Waals surface area contributed by atoms with Crippen molar-refractivity contribution in [1.29, 1.82) is 0 Å². The van der Waals surface area contributed by atoms with Gasteiger partial charge in [0, 0.05) is 13.0 Å². The Morgan fingerprint density at radius 1 is 1.31 bits per heavy atom. The minimum atomic E-state index is -0.355. The van der Waals surface area contributed by atoms with Crippen molar-refractivity contribution < 1.29 is 14.6 Å². The Labute approximate surface area is 80.0 Å². The van der Waals surface area contributed by atoms with Gasteiger partial charge in [-0.3, -0.25) is 0 Å². The number of ether oxygens (including phenoxy) is 2. The van der Waals surface area contributed by atoms with E-state index in [1.54, 1.807) is 7.11 Å². The largest absolute Gasteiger partial charge is 0.390 e. The number of aliphatic hydroxyl groups excluding tert-OH is 1. The van der Waals surface area contributed by atoms with Gasteiger partial charge in [0.1, 0.15) is 0 Å². The summed E-state index contributed by atoms with van der Waals surface area (Å²) in [6, 6.07) is 0. The zero-order valence-corrected chi connectivity index (χ0v) is 8.86. The number of methoxy groups -OCH3 is 1. The van der Waals surface area contributed by atoms with Crippen molar-refractivity contribution in [1.82, 2.24) is 0 Å². The molecule has 0 aliphatic carbocycles. The molecule has 1 aliphatic rings. The summed E-state index contributed by atoms with van der Waals surface area (Å²) in [6.07, 6.45) is 0.240. The van der Waals surface area contributed by atoms with Crippen molar-refractivity contribution in [3.63, 3.8) is 0 Å². The molecule has 0 saturated carbocycles. The topological polar surface area (TPSA) is 38.7 Å². The van der Waals surface area contributed by atoms with Crippen molar-refractivity contribution in [2.45, 2.75) is 45.7 Å². The van der Waals surface area contributed by atoms with Gasteiger partial charge in [-0.1, -0.05) is 20.8 Å². The molecule has 0 radical (unpaired) electrons. The van der Waals surface area contributed by atoms with Crippen molar-refractivity contribution in [3.05, 3.63) is 0 Å². The molecule has 1 fully saturated rings. The Hall–Kier alpha value is -0.120. The molecule has 1 heterocycles. The SMILES string of the molecule is CCC1OC(OC)C(C)C(C)C1O. The maximum absolute atomic E-state index is 9.84. The fraction of sp³-hybridized carbons (Fsp3) is 1.00. The first-order valence-corrected chi connectivity index (χ1v) is 4.98. The summed E-state index contributed by atoms with van der Waals surface area (Å²) in [5, 5.41) is 9.84. The number of hydrogen-bond donors (Lipinski definition) is 1. The molecule has 0 aromatic carbocycles. The monoisotopic (exact) mass is 188 g/mol. The van der Waals surface area contributed by atoms with Crippen molar-refractivity contribution in [2.75, 3.05) is 7.11 Å². The lowest BCUT2D eigenvalue weighted by atomic mass is 9.84. The van der Waals surface area contributed by atoms with E-state index < -0.39 is 0 Å². The van der Waals surface area contributed by atoms with Crippen LogP contribution in [0.25, 0.3) is 0 Å². The number of rotatable bonds is 2. The summed E-state index contributed by atoms with van der Waals surface area (Å²) in [7, 11) is 1.65. The highest BCUT2D eigenvalue weighted by molar-refractivity contribution is 4.83. The smallest absolute Gasteiger partial charge is 0.160 e. The van der Waals surface area contributed by atoms with Gasteiger partial charge in [0.05, 0.1) is 12.2 Å². The molecule has 13 heavy (non-hydrogen) atoms. The quantitative estimate of drug-likeness (QED) is 0.712. The Bertz CT molecular complexity index is 140. The first kappa shape index (κ1) is 11.0. The van der Waals surface area contributed by atoms with E-state index in [1.807, 2.05) is 20.8 Å². The highest BCUT2D eigenvalue weighted by atomic mass is 16.7. The predicted molar refractivity (Wildman–Crippen MR) is 50.3 cm³/mol. The van der Waals surface area contributed by atoms with Crippen LogP contribution in [-0.4, -0.2) is 30.7 Å². The summed E-state index contributed by atoms with van der Waals surface area (Å²) in [5.74, 6) is 0.492. The number of aliphatic hydroxyl groups is 1. The van der Waals surface area contributed by atoms with Crippen LogP contribution in [0.5, 0.6) is 0 Å². The molecule has 0 aromatic heterocycles. The molecule has 0 aromatic rings. The molecule has 78 valence electrons. The second kappa shape index (κ2) is 4.40. The van der Waals surface area contributed by atoms with Gasteiger partial charge >= 0.3 is 0 Å². The Morgan fingerprint density at radius 2 is 1.92 bits per heavy atom. The molecule has 5 unspecified atom stereocenters.